The minimum atomic E-state index is -0.652. The first kappa shape index (κ1) is 13.7. The Balaban J connectivity index is 1.52. The van der Waals surface area contributed by atoms with Crippen molar-refractivity contribution in [2.75, 3.05) is 13.2 Å². The van der Waals surface area contributed by atoms with Gasteiger partial charge in [-0.25, -0.2) is 0 Å². The van der Waals surface area contributed by atoms with E-state index in [1.54, 1.807) is 12.1 Å². The summed E-state index contributed by atoms with van der Waals surface area (Å²) < 4.78 is 5.70. The van der Waals surface area contributed by atoms with Gasteiger partial charge < -0.3 is 9.84 Å². The average Bonchev–Trinajstić information content (AvgIpc) is 2.98. The Morgan fingerprint density at radius 3 is 2.75 bits per heavy atom. The van der Waals surface area contributed by atoms with Crippen LogP contribution >= 0.6 is 11.6 Å². The highest BCUT2D eigenvalue weighted by Gasteiger charge is 2.48. The zero-order valence-electron chi connectivity index (χ0n) is 11.2. The van der Waals surface area contributed by atoms with Gasteiger partial charge >= 0.3 is 5.97 Å². The fraction of sp³-hybridized carbons (Fsp3) is 0.533. The van der Waals surface area contributed by atoms with Gasteiger partial charge in [0.15, 0.2) is 0 Å². The zero-order chi connectivity index (χ0) is 14.1. The van der Waals surface area contributed by atoms with Crippen LogP contribution in [-0.4, -0.2) is 41.2 Å². The number of halogens is 1. The topological polar surface area (TPSA) is 49.8 Å². The largest absolute Gasteiger partial charge is 0.492 e. The first-order valence-electron chi connectivity index (χ1n) is 7.02. The summed E-state index contributed by atoms with van der Waals surface area (Å²) >= 11 is 5.82. The fourth-order valence-corrected chi connectivity index (χ4v) is 3.64. The van der Waals surface area contributed by atoms with E-state index in [0.717, 1.165) is 31.6 Å². The van der Waals surface area contributed by atoms with Gasteiger partial charge in [0.2, 0.25) is 0 Å². The number of carboxylic acid groups (broad SMARTS) is 1. The van der Waals surface area contributed by atoms with E-state index in [2.05, 4.69) is 4.90 Å². The number of hydrogen-bond donors (Lipinski definition) is 1. The predicted octanol–water partition coefficient (Wildman–Crippen LogP) is 2.66. The van der Waals surface area contributed by atoms with Gasteiger partial charge in [0.05, 0.1) is 5.92 Å². The third kappa shape index (κ3) is 2.63. The normalized spacial score (nSPS) is 28.8. The fourth-order valence-electron chi connectivity index (χ4n) is 3.51. The quantitative estimate of drug-likeness (QED) is 0.907. The first-order chi connectivity index (χ1) is 9.65. The van der Waals surface area contributed by atoms with Crippen molar-refractivity contribution in [1.82, 2.24) is 4.90 Å². The lowest BCUT2D eigenvalue weighted by atomic mass is 9.89. The van der Waals surface area contributed by atoms with E-state index in [1.165, 1.54) is 0 Å². The maximum absolute atomic E-state index is 11.2. The van der Waals surface area contributed by atoms with Gasteiger partial charge in [-0.05, 0) is 43.5 Å². The number of hydrogen-bond acceptors (Lipinski definition) is 3. The van der Waals surface area contributed by atoms with Crippen molar-refractivity contribution in [3.63, 3.8) is 0 Å². The van der Waals surface area contributed by atoms with Gasteiger partial charge in [0.25, 0.3) is 0 Å². The molecule has 0 aromatic heterocycles. The molecule has 0 saturated carbocycles. The molecule has 4 nitrogen and oxygen atoms in total. The Bertz CT molecular complexity index is 490. The van der Waals surface area contributed by atoms with Gasteiger partial charge in [0, 0.05) is 23.7 Å². The van der Waals surface area contributed by atoms with E-state index in [4.69, 9.17) is 16.3 Å². The average molecular weight is 296 g/mol. The molecule has 0 aliphatic carbocycles. The minimum absolute atomic E-state index is 0.190. The molecule has 2 heterocycles. The van der Waals surface area contributed by atoms with E-state index in [9.17, 15) is 9.90 Å². The Kier molecular flexibility index (Phi) is 3.85. The molecule has 1 N–H and O–H groups in total. The first-order valence-corrected chi connectivity index (χ1v) is 7.40. The number of ether oxygens (including phenoxy) is 1. The molecule has 2 saturated heterocycles. The molecule has 0 spiro atoms. The number of carboxylic acids is 1. The number of nitrogens with zero attached hydrogens (tertiary/aromatic N) is 1. The lowest BCUT2D eigenvalue weighted by Gasteiger charge is -2.22. The molecule has 2 aliphatic rings. The van der Waals surface area contributed by atoms with Crippen LogP contribution in [0.15, 0.2) is 24.3 Å². The second-order valence-corrected chi connectivity index (χ2v) is 5.96. The lowest BCUT2D eigenvalue weighted by molar-refractivity contribution is -0.142. The molecule has 3 unspecified atom stereocenters. The molecule has 3 rings (SSSR count). The summed E-state index contributed by atoms with van der Waals surface area (Å²) in [5.74, 6) is -0.0409. The Labute approximate surface area is 123 Å². The van der Waals surface area contributed by atoms with Crippen molar-refractivity contribution in [3.05, 3.63) is 29.3 Å². The molecule has 3 atom stereocenters. The SMILES string of the molecule is O=C(O)C1CC2CCC1N2CCOc1ccc(Cl)cc1. The van der Waals surface area contributed by atoms with E-state index in [-0.39, 0.29) is 12.0 Å². The molecule has 0 amide bonds. The van der Waals surface area contributed by atoms with Gasteiger partial charge in [0.1, 0.15) is 12.4 Å². The molecular weight excluding hydrogens is 278 g/mol. The van der Waals surface area contributed by atoms with Crippen molar-refractivity contribution < 1.29 is 14.6 Å². The molecule has 5 heteroatoms. The van der Waals surface area contributed by atoms with E-state index in [0.29, 0.717) is 17.7 Å². The number of benzene rings is 1. The maximum Gasteiger partial charge on any atom is 0.308 e. The van der Waals surface area contributed by atoms with Crippen LogP contribution in [-0.2, 0) is 4.79 Å². The van der Waals surface area contributed by atoms with Crippen molar-refractivity contribution >= 4 is 17.6 Å². The summed E-state index contributed by atoms with van der Waals surface area (Å²) in [4.78, 5) is 13.5. The van der Waals surface area contributed by atoms with E-state index >= 15 is 0 Å². The van der Waals surface area contributed by atoms with E-state index < -0.39 is 5.97 Å². The van der Waals surface area contributed by atoms with Crippen LogP contribution in [0.3, 0.4) is 0 Å². The molecular formula is C15H18ClNO3. The minimum Gasteiger partial charge on any atom is -0.492 e. The summed E-state index contributed by atoms with van der Waals surface area (Å²) in [6.45, 7) is 1.38. The number of aliphatic carboxylic acids is 1. The Morgan fingerprint density at radius 2 is 2.10 bits per heavy atom. The number of carbonyl (C=O) groups is 1. The Morgan fingerprint density at radius 1 is 1.35 bits per heavy atom. The lowest BCUT2D eigenvalue weighted by Crippen LogP contribution is -2.35. The standard InChI is InChI=1S/C15H18ClNO3/c16-10-1-4-12(5-2-10)20-8-7-17-11-3-6-14(17)13(9-11)15(18)19/h1-2,4-5,11,13-14H,3,6-9H2,(H,18,19). The maximum atomic E-state index is 11.2. The van der Waals surface area contributed by atoms with Crippen molar-refractivity contribution in [2.45, 2.75) is 31.3 Å². The number of fused-ring (bicyclic) bond motifs is 2. The van der Waals surface area contributed by atoms with Crippen molar-refractivity contribution in [2.24, 2.45) is 5.92 Å². The highest BCUT2D eigenvalue weighted by atomic mass is 35.5. The van der Waals surface area contributed by atoms with Gasteiger partial charge in [-0.3, -0.25) is 9.69 Å². The van der Waals surface area contributed by atoms with Crippen molar-refractivity contribution in [1.29, 1.82) is 0 Å². The predicted molar refractivity (Wildman–Crippen MR) is 76.2 cm³/mol. The highest BCUT2D eigenvalue weighted by molar-refractivity contribution is 6.30. The molecule has 2 aliphatic heterocycles. The summed E-state index contributed by atoms with van der Waals surface area (Å²) in [6, 6.07) is 7.93. The van der Waals surface area contributed by atoms with Crippen LogP contribution in [0, 0.1) is 5.92 Å². The van der Waals surface area contributed by atoms with Crippen LogP contribution in [0.5, 0.6) is 5.75 Å². The van der Waals surface area contributed by atoms with Crippen LogP contribution < -0.4 is 4.74 Å². The summed E-state index contributed by atoms with van der Waals surface area (Å²) in [5, 5.41) is 9.91. The Hall–Kier alpha value is -1.26. The summed E-state index contributed by atoms with van der Waals surface area (Å²) in [6.07, 6.45) is 2.92. The third-order valence-electron chi connectivity index (χ3n) is 4.43. The second-order valence-electron chi connectivity index (χ2n) is 5.52. The molecule has 1 aromatic carbocycles. The smallest absolute Gasteiger partial charge is 0.308 e. The molecule has 2 fully saturated rings. The summed E-state index contributed by atoms with van der Waals surface area (Å²) in [7, 11) is 0. The van der Waals surface area contributed by atoms with Crippen LogP contribution in [0.25, 0.3) is 0 Å². The second kappa shape index (κ2) is 5.62. The molecule has 2 bridgehead atoms. The van der Waals surface area contributed by atoms with Crippen LogP contribution in [0.4, 0.5) is 0 Å². The highest BCUT2D eigenvalue weighted by Crippen LogP contribution is 2.41. The van der Waals surface area contributed by atoms with Gasteiger partial charge in [-0.15, -0.1) is 0 Å². The van der Waals surface area contributed by atoms with Crippen LogP contribution in [0.1, 0.15) is 19.3 Å². The monoisotopic (exact) mass is 295 g/mol. The third-order valence-corrected chi connectivity index (χ3v) is 4.68. The van der Waals surface area contributed by atoms with Gasteiger partial charge in [-0.1, -0.05) is 11.6 Å². The number of rotatable bonds is 5. The molecule has 0 radical (unpaired) electrons. The van der Waals surface area contributed by atoms with Gasteiger partial charge in [-0.2, -0.15) is 0 Å². The summed E-state index contributed by atoms with van der Waals surface area (Å²) in [5.41, 5.74) is 0. The molecule has 1 aromatic rings. The van der Waals surface area contributed by atoms with E-state index in [1.807, 2.05) is 12.1 Å². The molecule has 20 heavy (non-hydrogen) atoms. The van der Waals surface area contributed by atoms with Crippen LogP contribution in [0.2, 0.25) is 5.02 Å². The zero-order valence-corrected chi connectivity index (χ0v) is 11.9. The van der Waals surface area contributed by atoms with Crippen molar-refractivity contribution in [3.8, 4) is 5.75 Å². The molecule has 108 valence electrons.